The molecule has 0 N–H and O–H groups in total. The average Bonchev–Trinajstić information content (AvgIpc) is 2.51. The molecule has 2 rings (SSSR count). The SMILES string of the molecule is CCCCCC1CCC(CC2CCC(=COC)CC2)CC1. The summed E-state index contributed by atoms with van der Waals surface area (Å²) < 4.78 is 5.16. The lowest BCUT2D eigenvalue weighted by Crippen LogP contribution is -2.19. The Bertz CT molecular complexity index is 289. The fourth-order valence-corrected chi connectivity index (χ4v) is 4.48. The number of hydrogen-bond acceptors (Lipinski definition) is 1. The first kappa shape index (κ1) is 16.9. The van der Waals surface area contributed by atoms with Crippen LogP contribution >= 0.6 is 0 Å². The Labute approximate surface area is 132 Å². The second kappa shape index (κ2) is 9.54. The Morgan fingerprint density at radius 3 is 2.14 bits per heavy atom. The van der Waals surface area contributed by atoms with Crippen LogP contribution in [0.2, 0.25) is 0 Å². The normalized spacial score (nSPS) is 30.2. The van der Waals surface area contributed by atoms with E-state index in [0.717, 1.165) is 17.8 Å². The highest BCUT2D eigenvalue weighted by Crippen LogP contribution is 2.39. The van der Waals surface area contributed by atoms with Gasteiger partial charge >= 0.3 is 0 Å². The molecule has 2 saturated carbocycles. The molecular formula is C20H36O. The highest BCUT2D eigenvalue weighted by Gasteiger charge is 2.25. The van der Waals surface area contributed by atoms with Gasteiger partial charge in [-0.1, -0.05) is 58.3 Å². The zero-order valence-electron chi connectivity index (χ0n) is 14.4. The van der Waals surface area contributed by atoms with Crippen LogP contribution in [0.1, 0.15) is 90.4 Å². The molecule has 0 atom stereocenters. The van der Waals surface area contributed by atoms with Crippen molar-refractivity contribution in [3.63, 3.8) is 0 Å². The van der Waals surface area contributed by atoms with Gasteiger partial charge in [-0.2, -0.15) is 0 Å². The van der Waals surface area contributed by atoms with Crippen LogP contribution in [0.25, 0.3) is 0 Å². The Balaban J connectivity index is 1.60. The third-order valence-corrected chi connectivity index (χ3v) is 5.88. The van der Waals surface area contributed by atoms with E-state index in [4.69, 9.17) is 4.74 Å². The summed E-state index contributed by atoms with van der Waals surface area (Å²) in [6.45, 7) is 2.31. The predicted octanol–water partition coefficient (Wildman–Crippen LogP) is 6.48. The van der Waals surface area contributed by atoms with Gasteiger partial charge in [0.25, 0.3) is 0 Å². The van der Waals surface area contributed by atoms with Gasteiger partial charge in [-0.15, -0.1) is 0 Å². The van der Waals surface area contributed by atoms with Crippen molar-refractivity contribution in [1.29, 1.82) is 0 Å². The van der Waals surface area contributed by atoms with Crippen molar-refractivity contribution < 1.29 is 4.74 Å². The van der Waals surface area contributed by atoms with Gasteiger partial charge in [0.2, 0.25) is 0 Å². The molecule has 0 unspecified atom stereocenters. The van der Waals surface area contributed by atoms with E-state index in [1.807, 2.05) is 6.26 Å². The minimum absolute atomic E-state index is 1.00. The van der Waals surface area contributed by atoms with Gasteiger partial charge in [-0.05, 0) is 55.4 Å². The molecule has 0 aliphatic heterocycles. The van der Waals surface area contributed by atoms with Crippen LogP contribution in [0, 0.1) is 17.8 Å². The van der Waals surface area contributed by atoms with E-state index >= 15 is 0 Å². The monoisotopic (exact) mass is 292 g/mol. The molecular weight excluding hydrogens is 256 g/mol. The molecule has 0 bridgehead atoms. The molecule has 0 aromatic carbocycles. The number of rotatable bonds is 7. The molecule has 0 heterocycles. The Morgan fingerprint density at radius 2 is 1.52 bits per heavy atom. The van der Waals surface area contributed by atoms with Crippen molar-refractivity contribution in [2.24, 2.45) is 17.8 Å². The van der Waals surface area contributed by atoms with Crippen molar-refractivity contribution in [1.82, 2.24) is 0 Å². The van der Waals surface area contributed by atoms with E-state index in [9.17, 15) is 0 Å². The van der Waals surface area contributed by atoms with Crippen molar-refractivity contribution >= 4 is 0 Å². The molecule has 2 fully saturated rings. The van der Waals surface area contributed by atoms with E-state index < -0.39 is 0 Å². The highest BCUT2D eigenvalue weighted by atomic mass is 16.5. The lowest BCUT2D eigenvalue weighted by atomic mass is 9.73. The van der Waals surface area contributed by atoms with E-state index in [1.54, 1.807) is 7.11 Å². The quantitative estimate of drug-likeness (QED) is 0.385. The third-order valence-electron chi connectivity index (χ3n) is 5.88. The second-order valence-corrected chi connectivity index (χ2v) is 7.57. The first-order chi connectivity index (χ1) is 10.3. The maximum atomic E-state index is 5.16. The fraction of sp³-hybridized carbons (Fsp3) is 0.900. The summed E-state index contributed by atoms with van der Waals surface area (Å²) in [6, 6.07) is 0. The van der Waals surface area contributed by atoms with E-state index in [1.165, 1.54) is 89.0 Å². The van der Waals surface area contributed by atoms with E-state index in [0.29, 0.717) is 0 Å². The van der Waals surface area contributed by atoms with Gasteiger partial charge in [-0.3, -0.25) is 0 Å². The third kappa shape index (κ3) is 6.04. The van der Waals surface area contributed by atoms with E-state index in [-0.39, 0.29) is 0 Å². The molecule has 21 heavy (non-hydrogen) atoms. The second-order valence-electron chi connectivity index (χ2n) is 7.57. The minimum atomic E-state index is 1.00. The molecule has 0 radical (unpaired) electrons. The topological polar surface area (TPSA) is 9.23 Å². The van der Waals surface area contributed by atoms with Gasteiger partial charge in [0.15, 0.2) is 0 Å². The number of hydrogen-bond donors (Lipinski definition) is 0. The molecule has 122 valence electrons. The van der Waals surface area contributed by atoms with E-state index in [2.05, 4.69) is 6.92 Å². The number of methoxy groups -OCH3 is 1. The molecule has 0 saturated heterocycles. The summed E-state index contributed by atoms with van der Waals surface area (Å²) in [5, 5.41) is 0. The molecule has 2 aliphatic rings. The molecule has 0 amide bonds. The largest absolute Gasteiger partial charge is 0.504 e. The standard InChI is InChI=1S/C20H36O/c1-3-4-5-6-17-7-9-18(10-8-17)15-19-11-13-20(14-12-19)16-21-2/h16-19H,3-15H2,1-2H3. The summed E-state index contributed by atoms with van der Waals surface area (Å²) in [6.07, 6.45) is 20.8. The fourth-order valence-electron chi connectivity index (χ4n) is 4.48. The van der Waals surface area contributed by atoms with Crippen molar-refractivity contribution in [3.8, 4) is 0 Å². The zero-order valence-corrected chi connectivity index (χ0v) is 14.4. The predicted molar refractivity (Wildman–Crippen MR) is 91.3 cm³/mol. The van der Waals surface area contributed by atoms with Crippen molar-refractivity contribution in [2.75, 3.05) is 7.11 Å². The molecule has 0 aromatic heterocycles. The van der Waals surface area contributed by atoms with Crippen LogP contribution in [-0.4, -0.2) is 7.11 Å². The lowest BCUT2D eigenvalue weighted by molar-refractivity contribution is 0.210. The van der Waals surface area contributed by atoms with Gasteiger partial charge in [0, 0.05) is 0 Å². The Hall–Kier alpha value is -0.460. The molecule has 0 aromatic rings. The minimum Gasteiger partial charge on any atom is -0.504 e. The first-order valence-corrected chi connectivity index (χ1v) is 9.52. The maximum absolute atomic E-state index is 5.16. The molecule has 0 spiro atoms. The Morgan fingerprint density at radius 1 is 0.905 bits per heavy atom. The smallest absolute Gasteiger partial charge is 0.0816 e. The number of allylic oxidation sites excluding steroid dienone is 1. The van der Waals surface area contributed by atoms with Crippen molar-refractivity contribution in [2.45, 2.75) is 90.4 Å². The first-order valence-electron chi connectivity index (χ1n) is 9.52. The van der Waals surface area contributed by atoms with Gasteiger partial charge < -0.3 is 4.74 Å². The number of ether oxygens (including phenoxy) is 1. The van der Waals surface area contributed by atoms with Gasteiger partial charge in [-0.25, -0.2) is 0 Å². The van der Waals surface area contributed by atoms with Crippen LogP contribution in [0.3, 0.4) is 0 Å². The molecule has 1 heteroatoms. The lowest BCUT2D eigenvalue weighted by Gasteiger charge is -2.32. The summed E-state index contributed by atoms with van der Waals surface area (Å²) in [7, 11) is 1.78. The zero-order chi connectivity index (χ0) is 14.9. The summed E-state index contributed by atoms with van der Waals surface area (Å²) in [4.78, 5) is 0. The van der Waals surface area contributed by atoms with Gasteiger partial charge in [0.1, 0.15) is 0 Å². The molecule has 1 nitrogen and oxygen atoms in total. The van der Waals surface area contributed by atoms with Crippen LogP contribution in [0.15, 0.2) is 11.8 Å². The summed E-state index contributed by atoms with van der Waals surface area (Å²) >= 11 is 0. The summed E-state index contributed by atoms with van der Waals surface area (Å²) in [5.41, 5.74) is 1.54. The van der Waals surface area contributed by atoms with Crippen molar-refractivity contribution in [3.05, 3.63) is 11.8 Å². The number of unbranched alkanes of at least 4 members (excludes halogenated alkanes) is 2. The van der Waals surface area contributed by atoms with Crippen LogP contribution in [0.5, 0.6) is 0 Å². The highest BCUT2D eigenvalue weighted by molar-refractivity contribution is 5.01. The Kier molecular flexibility index (Phi) is 7.68. The maximum Gasteiger partial charge on any atom is 0.0816 e. The molecule has 2 aliphatic carbocycles. The average molecular weight is 293 g/mol. The van der Waals surface area contributed by atoms with Crippen LogP contribution in [-0.2, 0) is 4.74 Å². The summed E-state index contributed by atoms with van der Waals surface area (Å²) in [5.74, 6) is 3.11. The van der Waals surface area contributed by atoms with Crippen LogP contribution < -0.4 is 0 Å². The van der Waals surface area contributed by atoms with Gasteiger partial charge in [0.05, 0.1) is 13.4 Å². The van der Waals surface area contributed by atoms with Crippen LogP contribution in [0.4, 0.5) is 0 Å².